The molecule has 0 aromatic heterocycles. The van der Waals surface area contributed by atoms with Crippen LogP contribution in [-0.4, -0.2) is 37.2 Å². The molecule has 0 saturated carbocycles. The third-order valence-corrected chi connectivity index (χ3v) is 13.1. The van der Waals surface area contributed by atoms with E-state index in [1.54, 1.807) is 0 Å². The number of esters is 3. The SMILES string of the molecule is CCCCCCC/C=C\C/C=C\C/C=C\CCCCCCCCCCCCCCCCCCCCC(=O)OCC(COC(=O)CCCCCCCCCC)OC(=O)CCCCCCCCCC. The molecule has 0 aromatic carbocycles. The first kappa shape index (κ1) is 64.6. The fraction of sp³-hybridized carbons (Fsp3) is 0.852. The van der Waals surface area contributed by atoms with Crippen LogP contribution in [0.5, 0.6) is 0 Å². The summed E-state index contributed by atoms with van der Waals surface area (Å²) in [5.41, 5.74) is 0. The number of allylic oxidation sites excluding steroid dienone is 6. The number of ether oxygens (including phenoxy) is 3. The van der Waals surface area contributed by atoms with Crippen LogP contribution in [0.4, 0.5) is 0 Å². The van der Waals surface area contributed by atoms with E-state index in [0.29, 0.717) is 19.3 Å². The van der Waals surface area contributed by atoms with Crippen LogP contribution in [0.3, 0.4) is 0 Å². The summed E-state index contributed by atoms with van der Waals surface area (Å²) in [5, 5.41) is 0. The van der Waals surface area contributed by atoms with Crippen molar-refractivity contribution >= 4 is 17.9 Å². The van der Waals surface area contributed by atoms with Gasteiger partial charge in [0.2, 0.25) is 0 Å². The summed E-state index contributed by atoms with van der Waals surface area (Å²) in [6.07, 6.45) is 67.7. The Hall–Kier alpha value is -2.37. The van der Waals surface area contributed by atoms with Gasteiger partial charge in [-0.1, -0.05) is 276 Å². The highest BCUT2D eigenvalue weighted by molar-refractivity contribution is 5.71. The average molecular weight is 942 g/mol. The Morgan fingerprint density at radius 2 is 0.537 bits per heavy atom. The Bertz CT molecular complexity index is 1130. The summed E-state index contributed by atoms with van der Waals surface area (Å²) < 4.78 is 16.7. The fourth-order valence-corrected chi connectivity index (χ4v) is 8.69. The minimum Gasteiger partial charge on any atom is -0.462 e. The highest BCUT2D eigenvalue weighted by atomic mass is 16.6. The van der Waals surface area contributed by atoms with Crippen molar-refractivity contribution in [1.82, 2.24) is 0 Å². The molecule has 0 spiro atoms. The molecule has 0 aromatic rings. The molecule has 0 bridgehead atoms. The van der Waals surface area contributed by atoms with Crippen LogP contribution in [0.2, 0.25) is 0 Å². The number of hydrogen-bond donors (Lipinski definition) is 0. The fourth-order valence-electron chi connectivity index (χ4n) is 8.69. The maximum Gasteiger partial charge on any atom is 0.306 e. The molecule has 1 unspecified atom stereocenters. The summed E-state index contributed by atoms with van der Waals surface area (Å²) in [4.78, 5) is 37.7. The van der Waals surface area contributed by atoms with Crippen molar-refractivity contribution in [2.45, 2.75) is 322 Å². The van der Waals surface area contributed by atoms with Gasteiger partial charge in [0, 0.05) is 19.3 Å². The Labute approximate surface area is 416 Å². The van der Waals surface area contributed by atoms with Crippen LogP contribution in [0.1, 0.15) is 316 Å². The van der Waals surface area contributed by atoms with Gasteiger partial charge in [0.05, 0.1) is 0 Å². The second-order valence-corrected chi connectivity index (χ2v) is 19.9. The third kappa shape index (κ3) is 54.4. The van der Waals surface area contributed by atoms with Crippen molar-refractivity contribution in [3.8, 4) is 0 Å². The van der Waals surface area contributed by atoms with Crippen molar-refractivity contribution in [1.29, 1.82) is 0 Å². The van der Waals surface area contributed by atoms with E-state index in [9.17, 15) is 14.4 Å². The summed E-state index contributed by atoms with van der Waals surface area (Å²) in [6.45, 7) is 6.59. The molecule has 0 saturated heterocycles. The van der Waals surface area contributed by atoms with E-state index in [-0.39, 0.29) is 31.1 Å². The normalized spacial score (nSPS) is 12.2. The molecule has 0 radical (unpaired) electrons. The van der Waals surface area contributed by atoms with Gasteiger partial charge in [-0.15, -0.1) is 0 Å². The molecule has 1 atom stereocenters. The Balaban J connectivity index is 3.88. The lowest BCUT2D eigenvalue weighted by molar-refractivity contribution is -0.167. The van der Waals surface area contributed by atoms with Crippen molar-refractivity contribution in [3.05, 3.63) is 36.5 Å². The summed E-state index contributed by atoms with van der Waals surface area (Å²) in [5.74, 6) is -0.862. The van der Waals surface area contributed by atoms with Crippen molar-refractivity contribution in [2.75, 3.05) is 13.2 Å². The van der Waals surface area contributed by atoms with Crippen LogP contribution in [0, 0.1) is 0 Å². The standard InChI is InChI=1S/C61H112O6/c1-4-7-10-13-16-19-20-21-22-23-24-25-26-27-28-29-30-31-32-33-34-35-36-37-38-39-40-41-42-43-46-48-51-54-60(63)66-57-58(67-61(64)55-52-49-45-18-15-12-9-6-3)56-65-59(62)53-50-47-44-17-14-11-8-5-2/h20-21,23-24,26-27,58H,4-19,22,25,28-57H2,1-3H3/b21-20-,24-23-,27-26-. The lowest BCUT2D eigenvalue weighted by Crippen LogP contribution is -2.30. The molecule has 0 aliphatic carbocycles. The van der Waals surface area contributed by atoms with Crippen LogP contribution >= 0.6 is 0 Å². The minimum absolute atomic E-state index is 0.0669. The Morgan fingerprint density at radius 3 is 0.836 bits per heavy atom. The summed E-state index contributed by atoms with van der Waals surface area (Å²) >= 11 is 0. The van der Waals surface area contributed by atoms with E-state index < -0.39 is 6.10 Å². The van der Waals surface area contributed by atoms with Crippen molar-refractivity contribution in [3.63, 3.8) is 0 Å². The molecule has 67 heavy (non-hydrogen) atoms. The second-order valence-electron chi connectivity index (χ2n) is 19.9. The number of hydrogen-bond acceptors (Lipinski definition) is 6. The molecule has 6 heteroatoms. The molecular weight excluding hydrogens is 829 g/mol. The Morgan fingerprint density at radius 1 is 0.299 bits per heavy atom. The maximum absolute atomic E-state index is 12.7. The first-order valence-corrected chi connectivity index (χ1v) is 29.5. The third-order valence-electron chi connectivity index (χ3n) is 13.1. The molecule has 0 aliphatic heterocycles. The number of carbonyl (C=O) groups excluding carboxylic acids is 3. The first-order valence-electron chi connectivity index (χ1n) is 29.5. The lowest BCUT2D eigenvalue weighted by atomic mass is 10.0. The highest BCUT2D eigenvalue weighted by Gasteiger charge is 2.19. The molecule has 0 fully saturated rings. The van der Waals surface area contributed by atoms with Gasteiger partial charge >= 0.3 is 17.9 Å². The monoisotopic (exact) mass is 941 g/mol. The molecule has 0 N–H and O–H groups in total. The quantitative estimate of drug-likeness (QED) is 0.0262. The number of unbranched alkanes of at least 4 members (excludes halogenated alkanes) is 37. The van der Waals surface area contributed by atoms with Gasteiger partial charge in [-0.25, -0.2) is 0 Å². The van der Waals surface area contributed by atoms with E-state index in [0.717, 1.165) is 70.6 Å². The average Bonchev–Trinajstić information content (AvgIpc) is 3.33. The maximum atomic E-state index is 12.7. The van der Waals surface area contributed by atoms with Crippen molar-refractivity contribution in [2.24, 2.45) is 0 Å². The minimum atomic E-state index is -0.762. The van der Waals surface area contributed by atoms with E-state index >= 15 is 0 Å². The van der Waals surface area contributed by atoms with Crippen LogP contribution in [0.25, 0.3) is 0 Å². The molecule has 0 heterocycles. The molecule has 6 nitrogen and oxygen atoms in total. The second kappa shape index (κ2) is 56.2. The largest absolute Gasteiger partial charge is 0.462 e. The highest BCUT2D eigenvalue weighted by Crippen LogP contribution is 2.17. The van der Waals surface area contributed by atoms with Crippen LogP contribution < -0.4 is 0 Å². The van der Waals surface area contributed by atoms with E-state index in [2.05, 4.69) is 57.2 Å². The van der Waals surface area contributed by atoms with Gasteiger partial charge < -0.3 is 14.2 Å². The summed E-state index contributed by atoms with van der Waals surface area (Å²) in [6, 6.07) is 0. The van der Waals surface area contributed by atoms with Gasteiger partial charge in [-0.05, 0) is 57.8 Å². The lowest BCUT2D eigenvalue weighted by Gasteiger charge is -2.18. The predicted octanol–water partition coefficient (Wildman–Crippen LogP) is 19.7. The zero-order chi connectivity index (χ0) is 48.6. The molecule has 0 amide bonds. The van der Waals surface area contributed by atoms with Gasteiger partial charge in [-0.3, -0.25) is 14.4 Å². The zero-order valence-electron chi connectivity index (χ0n) is 44.9. The van der Waals surface area contributed by atoms with E-state index in [1.807, 2.05) is 0 Å². The van der Waals surface area contributed by atoms with E-state index in [4.69, 9.17) is 14.2 Å². The van der Waals surface area contributed by atoms with Gasteiger partial charge in [-0.2, -0.15) is 0 Å². The summed E-state index contributed by atoms with van der Waals surface area (Å²) in [7, 11) is 0. The van der Waals surface area contributed by atoms with Crippen LogP contribution in [-0.2, 0) is 28.6 Å². The first-order chi connectivity index (χ1) is 33.0. The molecule has 0 aliphatic rings. The zero-order valence-corrected chi connectivity index (χ0v) is 44.9. The Kier molecular flexibility index (Phi) is 54.2. The van der Waals surface area contributed by atoms with Gasteiger partial charge in [0.25, 0.3) is 0 Å². The smallest absolute Gasteiger partial charge is 0.306 e. The molecular formula is C61H112O6. The topological polar surface area (TPSA) is 78.9 Å². The van der Waals surface area contributed by atoms with Crippen LogP contribution in [0.15, 0.2) is 36.5 Å². The van der Waals surface area contributed by atoms with E-state index in [1.165, 1.54) is 205 Å². The van der Waals surface area contributed by atoms with Crippen molar-refractivity contribution < 1.29 is 28.6 Å². The molecule has 0 rings (SSSR count). The molecule has 392 valence electrons. The predicted molar refractivity (Wildman–Crippen MR) is 289 cm³/mol. The van der Waals surface area contributed by atoms with Gasteiger partial charge in [0.1, 0.15) is 13.2 Å². The number of carbonyl (C=O) groups is 3. The van der Waals surface area contributed by atoms with Gasteiger partial charge in [0.15, 0.2) is 6.10 Å². The number of rotatable bonds is 54.